The fourth-order valence-electron chi connectivity index (χ4n) is 3.23. The number of nitrogens with zero attached hydrogens (tertiary/aromatic N) is 1. The zero-order chi connectivity index (χ0) is 19.8. The van der Waals surface area contributed by atoms with Gasteiger partial charge in [-0.1, -0.05) is 19.3 Å². The van der Waals surface area contributed by atoms with Crippen LogP contribution in [0.4, 0.5) is 5.69 Å². The lowest BCUT2D eigenvalue weighted by Crippen LogP contribution is -2.24. The summed E-state index contributed by atoms with van der Waals surface area (Å²) in [6.07, 6.45) is 6.93. The van der Waals surface area contributed by atoms with Crippen molar-refractivity contribution in [3.63, 3.8) is 0 Å². The number of hydrogen-bond donors (Lipinski definition) is 2. The number of hydrogen-bond acceptors (Lipinski definition) is 4. The van der Waals surface area contributed by atoms with Gasteiger partial charge in [-0.05, 0) is 66.9 Å². The van der Waals surface area contributed by atoms with Gasteiger partial charge in [0.25, 0.3) is 5.91 Å². The van der Waals surface area contributed by atoms with Crippen LogP contribution in [0.1, 0.15) is 48.0 Å². The van der Waals surface area contributed by atoms with Crippen LogP contribution in [0, 0.1) is 5.92 Å². The Hall–Kier alpha value is -3.15. The van der Waals surface area contributed by atoms with Crippen molar-refractivity contribution in [3.05, 3.63) is 59.7 Å². The van der Waals surface area contributed by atoms with E-state index in [9.17, 15) is 9.59 Å². The van der Waals surface area contributed by atoms with Crippen LogP contribution in [0.15, 0.2) is 53.6 Å². The molecule has 2 amide bonds. The summed E-state index contributed by atoms with van der Waals surface area (Å²) in [6, 6.07) is 14.2. The van der Waals surface area contributed by atoms with Gasteiger partial charge >= 0.3 is 0 Å². The molecular formula is C22H25N3O3. The second-order valence-electron chi connectivity index (χ2n) is 6.87. The molecule has 0 heterocycles. The summed E-state index contributed by atoms with van der Waals surface area (Å²) in [6.45, 7) is 0. The molecule has 2 N–H and O–H groups in total. The smallest absolute Gasteiger partial charge is 0.271 e. The molecule has 0 unspecified atom stereocenters. The SMILES string of the molecule is COc1ccc(/C=N/NC(=O)c2ccc(NC(=O)C3CCCCC3)cc2)cc1. The number of nitrogens with one attached hydrogen (secondary N) is 2. The maximum Gasteiger partial charge on any atom is 0.271 e. The molecule has 0 aromatic heterocycles. The number of rotatable bonds is 6. The summed E-state index contributed by atoms with van der Waals surface area (Å²) in [7, 11) is 1.61. The third-order valence-corrected chi connectivity index (χ3v) is 4.89. The summed E-state index contributed by atoms with van der Waals surface area (Å²) >= 11 is 0. The minimum absolute atomic E-state index is 0.0704. The minimum atomic E-state index is -0.310. The van der Waals surface area contributed by atoms with Crippen molar-refractivity contribution < 1.29 is 14.3 Å². The van der Waals surface area contributed by atoms with Gasteiger partial charge in [0.2, 0.25) is 5.91 Å². The molecule has 3 rings (SSSR count). The third kappa shape index (κ3) is 5.42. The molecule has 0 radical (unpaired) electrons. The Morgan fingerprint density at radius 1 is 1.00 bits per heavy atom. The quantitative estimate of drug-likeness (QED) is 0.588. The Bertz CT molecular complexity index is 823. The number of carbonyl (C=O) groups is 2. The predicted molar refractivity (Wildman–Crippen MR) is 110 cm³/mol. The first-order valence-corrected chi connectivity index (χ1v) is 9.54. The van der Waals surface area contributed by atoms with Gasteiger partial charge in [0.1, 0.15) is 5.75 Å². The van der Waals surface area contributed by atoms with Crippen LogP contribution in [-0.2, 0) is 4.79 Å². The molecule has 0 bridgehead atoms. The first-order chi connectivity index (χ1) is 13.7. The van der Waals surface area contributed by atoms with E-state index in [1.165, 1.54) is 6.42 Å². The number of hydrazone groups is 1. The highest BCUT2D eigenvalue weighted by atomic mass is 16.5. The molecule has 6 nitrogen and oxygen atoms in total. The van der Waals surface area contributed by atoms with E-state index >= 15 is 0 Å². The van der Waals surface area contributed by atoms with Crippen LogP contribution < -0.4 is 15.5 Å². The van der Waals surface area contributed by atoms with E-state index in [4.69, 9.17) is 4.74 Å². The van der Waals surface area contributed by atoms with Crippen molar-refractivity contribution in [3.8, 4) is 5.75 Å². The van der Waals surface area contributed by atoms with Crippen LogP contribution in [0.5, 0.6) is 5.75 Å². The lowest BCUT2D eigenvalue weighted by Gasteiger charge is -2.20. The van der Waals surface area contributed by atoms with Crippen molar-refractivity contribution in [2.75, 3.05) is 12.4 Å². The van der Waals surface area contributed by atoms with Crippen molar-refractivity contribution in [2.24, 2.45) is 11.0 Å². The molecule has 2 aromatic carbocycles. The van der Waals surface area contributed by atoms with Gasteiger partial charge in [-0.2, -0.15) is 5.10 Å². The number of benzene rings is 2. The van der Waals surface area contributed by atoms with E-state index in [2.05, 4.69) is 15.8 Å². The summed E-state index contributed by atoms with van der Waals surface area (Å²) in [4.78, 5) is 24.5. The molecule has 28 heavy (non-hydrogen) atoms. The number of amides is 2. The Labute approximate surface area is 165 Å². The maximum absolute atomic E-state index is 12.3. The number of methoxy groups -OCH3 is 1. The van der Waals surface area contributed by atoms with Crippen molar-refractivity contribution in [1.82, 2.24) is 5.43 Å². The Balaban J connectivity index is 1.51. The van der Waals surface area contributed by atoms with Gasteiger partial charge in [-0.3, -0.25) is 9.59 Å². The standard InChI is InChI=1S/C22H25N3O3/c1-28-20-13-7-16(8-14-20)15-23-25-22(27)18-9-11-19(12-10-18)24-21(26)17-5-3-2-4-6-17/h7-15,17H,2-6H2,1H3,(H,24,26)(H,25,27)/b23-15+. The van der Waals surface area contributed by atoms with Gasteiger partial charge in [0.05, 0.1) is 13.3 Å². The van der Waals surface area contributed by atoms with Crippen LogP contribution in [0.25, 0.3) is 0 Å². The molecule has 0 aliphatic heterocycles. The fraction of sp³-hybridized carbons (Fsp3) is 0.318. The van der Waals surface area contributed by atoms with E-state index in [0.29, 0.717) is 11.3 Å². The molecular weight excluding hydrogens is 354 g/mol. The molecule has 146 valence electrons. The number of anilines is 1. The lowest BCUT2D eigenvalue weighted by atomic mass is 9.88. The summed E-state index contributed by atoms with van der Waals surface area (Å²) < 4.78 is 5.10. The molecule has 2 aromatic rings. The molecule has 1 aliphatic carbocycles. The molecule has 1 fully saturated rings. The summed E-state index contributed by atoms with van der Waals surface area (Å²) in [5.74, 6) is 0.622. The summed E-state index contributed by atoms with van der Waals surface area (Å²) in [5, 5.41) is 6.91. The molecule has 1 aliphatic rings. The van der Waals surface area contributed by atoms with Crippen LogP contribution in [-0.4, -0.2) is 25.1 Å². The van der Waals surface area contributed by atoms with Gasteiger partial charge in [0.15, 0.2) is 0 Å². The van der Waals surface area contributed by atoms with Crippen molar-refractivity contribution in [1.29, 1.82) is 0 Å². The third-order valence-electron chi connectivity index (χ3n) is 4.89. The first-order valence-electron chi connectivity index (χ1n) is 9.54. The number of ether oxygens (including phenoxy) is 1. The highest BCUT2D eigenvalue weighted by molar-refractivity contribution is 5.96. The Morgan fingerprint density at radius 2 is 1.68 bits per heavy atom. The van der Waals surface area contributed by atoms with Crippen LogP contribution in [0.3, 0.4) is 0 Å². The van der Waals surface area contributed by atoms with Gasteiger partial charge in [-0.15, -0.1) is 0 Å². The largest absolute Gasteiger partial charge is 0.497 e. The van der Waals surface area contributed by atoms with Crippen LogP contribution >= 0.6 is 0 Å². The molecule has 0 spiro atoms. The topological polar surface area (TPSA) is 79.8 Å². The zero-order valence-corrected chi connectivity index (χ0v) is 16.0. The van der Waals surface area contributed by atoms with E-state index < -0.39 is 0 Å². The highest BCUT2D eigenvalue weighted by Crippen LogP contribution is 2.25. The highest BCUT2D eigenvalue weighted by Gasteiger charge is 2.21. The van der Waals surface area contributed by atoms with Gasteiger partial charge in [0, 0.05) is 17.2 Å². The number of carbonyl (C=O) groups excluding carboxylic acids is 2. The minimum Gasteiger partial charge on any atom is -0.497 e. The van der Waals surface area contributed by atoms with E-state index in [0.717, 1.165) is 37.0 Å². The first kappa shape index (κ1) is 19.6. The van der Waals surface area contributed by atoms with E-state index in [-0.39, 0.29) is 17.7 Å². The normalized spacial score (nSPS) is 14.6. The van der Waals surface area contributed by atoms with E-state index in [1.807, 2.05) is 24.3 Å². The molecule has 6 heteroatoms. The maximum atomic E-state index is 12.3. The van der Waals surface area contributed by atoms with Crippen LogP contribution in [0.2, 0.25) is 0 Å². The second-order valence-corrected chi connectivity index (χ2v) is 6.87. The lowest BCUT2D eigenvalue weighted by molar-refractivity contribution is -0.120. The second kappa shape index (κ2) is 9.69. The molecule has 1 saturated carbocycles. The molecule has 0 atom stereocenters. The van der Waals surface area contributed by atoms with Crippen molar-refractivity contribution in [2.45, 2.75) is 32.1 Å². The average molecular weight is 379 g/mol. The Kier molecular flexibility index (Phi) is 6.78. The average Bonchev–Trinajstić information content (AvgIpc) is 2.75. The van der Waals surface area contributed by atoms with Gasteiger partial charge < -0.3 is 10.1 Å². The zero-order valence-electron chi connectivity index (χ0n) is 16.0. The van der Waals surface area contributed by atoms with E-state index in [1.54, 1.807) is 37.6 Å². The van der Waals surface area contributed by atoms with Gasteiger partial charge in [-0.25, -0.2) is 5.43 Å². The monoisotopic (exact) mass is 379 g/mol. The fourth-order valence-corrected chi connectivity index (χ4v) is 3.23. The van der Waals surface area contributed by atoms with Crippen molar-refractivity contribution >= 4 is 23.7 Å². The Morgan fingerprint density at radius 3 is 2.32 bits per heavy atom. The molecule has 0 saturated heterocycles. The summed E-state index contributed by atoms with van der Waals surface area (Å²) in [5.41, 5.74) is 4.53. The predicted octanol–water partition coefficient (Wildman–Crippen LogP) is 3.98.